The predicted octanol–water partition coefficient (Wildman–Crippen LogP) is 2.63. The fourth-order valence-electron chi connectivity index (χ4n) is 2.81. The van der Waals surface area contributed by atoms with Crippen LogP contribution in [-0.2, 0) is 19.5 Å². The molecule has 0 amide bonds. The highest BCUT2D eigenvalue weighted by Gasteiger charge is 2.11. The fraction of sp³-hybridized carbons (Fsp3) is 0.300. The highest BCUT2D eigenvalue weighted by molar-refractivity contribution is 5.28. The zero-order valence-corrected chi connectivity index (χ0v) is 15.5. The van der Waals surface area contributed by atoms with E-state index in [-0.39, 0.29) is 0 Å². The number of hydrogen-bond donors (Lipinski definition) is 1. The van der Waals surface area contributed by atoms with Crippen LogP contribution in [0.1, 0.15) is 17.0 Å². The Morgan fingerprint density at radius 3 is 1.85 bits per heavy atom. The van der Waals surface area contributed by atoms with Gasteiger partial charge in [-0.3, -0.25) is 4.90 Å². The van der Waals surface area contributed by atoms with Gasteiger partial charge in [0.25, 0.3) is 0 Å². The van der Waals surface area contributed by atoms with Gasteiger partial charge in [0.05, 0.1) is 14.2 Å². The standard InChI is InChI=1S/C20H23N3O4/c1-25-17-7-3-15(4-8-17)13-23(12-11-19-21-22-20(24)27-19)14-16-5-9-18(26-2)10-6-16/h3-10H,11-14H2,1-2H3,(H,22,24). The summed E-state index contributed by atoms with van der Waals surface area (Å²) in [5.74, 6) is 1.55. The van der Waals surface area contributed by atoms with E-state index in [2.05, 4.69) is 39.4 Å². The summed E-state index contributed by atoms with van der Waals surface area (Å²) in [6.45, 7) is 2.21. The maximum Gasteiger partial charge on any atom is 0.434 e. The number of hydrogen-bond acceptors (Lipinski definition) is 6. The average molecular weight is 369 g/mol. The smallest absolute Gasteiger partial charge is 0.434 e. The molecule has 1 N–H and O–H groups in total. The summed E-state index contributed by atoms with van der Waals surface area (Å²) in [6.07, 6.45) is 0.547. The number of nitrogens with one attached hydrogen (secondary N) is 1. The van der Waals surface area contributed by atoms with Crippen LogP contribution in [0.5, 0.6) is 11.5 Å². The SMILES string of the molecule is COc1ccc(CN(CCc2n[nH]c(=O)o2)Cc2ccc(OC)cc2)cc1. The van der Waals surface area contributed by atoms with E-state index in [1.807, 2.05) is 24.3 Å². The second-order valence-electron chi connectivity index (χ2n) is 6.16. The van der Waals surface area contributed by atoms with Crippen molar-refractivity contribution in [2.45, 2.75) is 19.5 Å². The van der Waals surface area contributed by atoms with Gasteiger partial charge in [-0.2, -0.15) is 0 Å². The Bertz CT molecular complexity index is 835. The van der Waals surface area contributed by atoms with Crippen molar-refractivity contribution in [2.75, 3.05) is 20.8 Å². The number of nitrogens with zero attached hydrogens (tertiary/aromatic N) is 2. The van der Waals surface area contributed by atoms with E-state index in [1.54, 1.807) is 14.2 Å². The predicted molar refractivity (Wildman–Crippen MR) is 101 cm³/mol. The number of methoxy groups -OCH3 is 2. The molecular weight excluding hydrogens is 346 g/mol. The average Bonchev–Trinajstić information content (AvgIpc) is 3.12. The lowest BCUT2D eigenvalue weighted by molar-refractivity contribution is 0.251. The highest BCUT2D eigenvalue weighted by atomic mass is 16.5. The van der Waals surface area contributed by atoms with Crippen LogP contribution in [0, 0.1) is 0 Å². The molecule has 142 valence electrons. The molecule has 27 heavy (non-hydrogen) atoms. The van der Waals surface area contributed by atoms with Crippen molar-refractivity contribution >= 4 is 0 Å². The van der Waals surface area contributed by atoms with Crippen LogP contribution in [-0.4, -0.2) is 35.9 Å². The first-order chi connectivity index (χ1) is 13.2. The molecule has 0 aliphatic carbocycles. The largest absolute Gasteiger partial charge is 0.497 e. The molecule has 0 radical (unpaired) electrons. The van der Waals surface area contributed by atoms with Crippen molar-refractivity contribution in [3.8, 4) is 11.5 Å². The minimum atomic E-state index is -0.526. The molecule has 0 aliphatic rings. The summed E-state index contributed by atoms with van der Waals surface area (Å²) >= 11 is 0. The first-order valence-electron chi connectivity index (χ1n) is 8.69. The van der Waals surface area contributed by atoms with E-state index >= 15 is 0 Å². The Balaban J connectivity index is 1.70. The van der Waals surface area contributed by atoms with Gasteiger partial charge in [0.15, 0.2) is 0 Å². The van der Waals surface area contributed by atoms with Crippen LogP contribution in [0.2, 0.25) is 0 Å². The summed E-state index contributed by atoms with van der Waals surface area (Å²) < 4.78 is 15.5. The van der Waals surface area contributed by atoms with Crippen molar-refractivity contribution in [3.63, 3.8) is 0 Å². The van der Waals surface area contributed by atoms with Gasteiger partial charge < -0.3 is 13.9 Å². The minimum Gasteiger partial charge on any atom is -0.497 e. The molecule has 0 saturated carbocycles. The van der Waals surface area contributed by atoms with Crippen LogP contribution in [0.15, 0.2) is 57.7 Å². The minimum absolute atomic E-state index is 0.412. The number of rotatable bonds is 9. The Kier molecular flexibility index (Phi) is 6.27. The Morgan fingerprint density at radius 1 is 0.926 bits per heavy atom. The normalized spacial score (nSPS) is 10.9. The number of benzene rings is 2. The summed E-state index contributed by atoms with van der Waals surface area (Å²) in [7, 11) is 3.31. The lowest BCUT2D eigenvalue weighted by Gasteiger charge is -2.22. The zero-order chi connectivity index (χ0) is 19.1. The zero-order valence-electron chi connectivity index (χ0n) is 15.5. The molecular formula is C20H23N3O4. The Labute approximate surface area is 157 Å². The molecule has 7 heteroatoms. The summed E-state index contributed by atoms with van der Waals surface area (Å²) in [4.78, 5) is 13.4. The highest BCUT2D eigenvalue weighted by Crippen LogP contribution is 2.17. The molecule has 2 aromatic carbocycles. The molecule has 0 fully saturated rings. The topological polar surface area (TPSA) is 80.6 Å². The quantitative estimate of drug-likeness (QED) is 0.624. The lowest BCUT2D eigenvalue weighted by atomic mass is 10.1. The second-order valence-corrected chi connectivity index (χ2v) is 6.16. The van der Waals surface area contributed by atoms with Gasteiger partial charge in [-0.05, 0) is 35.4 Å². The van der Waals surface area contributed by atoms with Crippen molar-refractivity contribution in [1.82, 2.24) is 15.1 Å². The molecule has 3 aromatic rings. The van der Waals surface area contributed by atoms with E-state index in [9.17, 15) is 4.79 Å². The lowest BCUT2D eigenvalue weighted by Crippen LogP contribution is -2.25. The van der Waals surface area contributed by atoms with E-state index < -0.39 is 5.76 Å². The fourth-order valence-corrected chi connectivity index (χ4v) is 2.81. The second kappa shape index (κ2) is 9.05. The maximum atomic E-state index is 11.1. The summed E-state index contributed by atoms with van der Waals surface area (Å²) in [5.41, 5.74) is 2.35. The number of aromatic nitrogens is 2. The third kappa shape index (κ3) is 5.46. The molecule has 1 heterocycles. The summed E-state index contributed by atoms with van der Waals surface area (Å²) in [5, 5.41) is 6.18. The third-order valence-electron chi connectivity index (χ3n) is 4.25. The molecule has 1 aromatic heterocycles. The van der Waals surface area contributed by atoms with E-state index in [4.69, 9.17) is 13.9 Å². The number of ether oxygens (including phenoxy) is 2. The van der Waals surface area contributed by atoms with Gasteiger partial charge in [-0.15, -0.1) is 5.10 Å². The van der Waals surface area contributed by atoms with Crippen LogP contribution >= 0.6 is 0 Å². The van der Waals surface area contributed by atoms with Gasteiger partial charge in [0.1, 0.15) is 11.5 Å². The number of aromatic amines is 1. The van der Waals surface area contributed by atoms with Crippen LogP contribution in [0.25, 0.3) is 0 Å². The molecule has 7 nitrogen and oxygen atoms in total. The first-order valence-corrected chi connectivity index (χ1v) is 8.69. The number of H-pyrrole nitrogens is 1. The van der Waals surface area contributed by atoms with Gasteiger partial charge in [-0.25, -0.2) is 9.89 Å². The van der Waals surface area contributed by atoms with Crippen LogP contribution < -0.4 is 15.2 Å². The molecule has 0 bridgehead atoms. The molecule has 0 unspecified atom stereocenters. The van der Waals surface area contributed by atoms with E-state index in [1.165, 1.54) is 11.1 Å². The molecule has 0 aliphatic heterocycles. The third-order valence-corrected chi connectivity index (χ3v) is 4.25. The Hall–Kier alpha value is -3.06. The van der Waals surface area contributed by atoms with Crippen molar-refractivity contribution in [1.29, 1.82) is 0 Å². The monoisotopic (exact) mass is 369 g/mol. The van der Waals surface area contributed by atoms with Gasteiger partial charge in [0.2, 0.25) is 5.89 Å². The van der Waals surface area contributed by atoms with Crippen molar-refractivity contribution < 1.29 is 13.9 Å². The van der Waals surface area contributed by atoms with Gasteiger partial charge in [-0.1, -0.05) is 24.3 Å². The van der Waals surface area contributed by atoms with Gasteiger partial charge in [0, 0.05) is 26.1 Å². The first kappa shape index (κ1) is 18.7. The van der Waals surface area contributed by atoms with Crippen LogP contribution in [0.4, 0.5) is 0 Å². The van der Waals surface area contributed by atoms with E-state index in [0.717, 1.165) is 24.6 Å². The van der Waals surface area contributed by atoms with Gasteiger partial charge >= 0.3 is 5.76 Å². The maximum absolute atomic E-state index is 11.1. The van der Waals surface area contributed by atoms with Crippen molar-refractivity contribution in [3.05, 3.63) is 76.1 Å². The van der Waals surface area contributed by atoms with E-state index in [0.29, 0.717) is 18.9 Å². The molecule has 3 rings (SSSR count). The molecule has 0 saturated heterocycles. The molecule has 0 atom stereocenters. The Morgan fingerprint density at radius 2 is 1.44 bits per heavy atom. The molecule has 0 spiro atoms. The van der Waals surface area contributed by atoms with Crippen molar-refractivity contribution in [2.24, 2.45) is 0 Å². The van der Waals surface area contributed by atoms with Crippen LogP contribution in [0.3, 0.4) is 0 Å². The summed E-state index contributed by atoms with van der Waals surface area (Å²) in [6, 6.07) is 16.0.